The minimum atomic E-state index is -4.49. The molecule has 1 amide bonds. The predicted molar refractivity (Wildman–Crippen MR) is 67.0 cm³/mol. The molecule has 0 fully saturated rings. The molecule has 1 aromatic carbocycles. The monoisotopic (exact) mass is 284 g/mol. The van der Waals surface area contributed by atoms with Gasteiger partial charge in [0.1, 0.15) is 0 Å². The molecule has 7 heteroatoms. The molecular weight excluding hydrogens is 273 g/mol. The Balaban J connectivity index is 2.60. The van der Waals surface area contributed by atoms with Gasteiger partial charge in [-0.1, -0.05) is 0 Å². The molecule has 0 aliphatic carbocycles. The molecule has 106 valence electrons. The number of fused-ring (bicyclic) bond motifs is 1. The predicted octanol–water partition coefficient (Wildman–Crippen LogP) is 1.90. The molecular formula is C13H11F3N2O2. The number of nitrogens with zero attached hydrogens (tertiary/aromatic N) is 1. The Hall–Kier alpha value is -2.31. The van der Waals surface area contributed by atoms with Crippen molar-refractivity contribution >= 4 is 16.8 Å². The summed E-state index contributed by atoms with van der Waals surface area (Å²) in [7, 11) is 0. The Bertz CT molecular complexity index is 720. The molecule has 0 aliphatic heterocycles. The molecule has 4 nitrogen and oxygen atoms in total. The van der Waals surface area contributed by atoms with Gasteiger partial charge in [-0.3, -0.25) is 9.59 Å². The van der Waals surface area contributed by atoms with E-state index in [2.05, 4.69) is 0 Å². The van der Waals surface area contributed by atoms with E-state index in [1.165, 1.54) is 16.8 Å². The smallest absolute Gasteiger partial charge is 0.370 e. The molecule has 1 heterocycles. The zero-order valence-electron chi connectivity index (χ0n) is 10.3. The van der Waals surface area contributed by atoms with Gasteiger partial charge in [0.2, 0.25) is 5.91 Å². The zero-order chi connectivity index (χ0) is 14.9. The van der Waals surface area contributed by atoms with Crippen molar-refractivity contribution in [3.8, 4) is 0 Å². The van der Waals surface area contributed by atoms with E-state index in [0.717, 1.165) is 18.2 Å². The Morgan fingerprint density at radius 2 is 1.95 bits per heavy atom. The first-order valence-corrected chi connectivity index (χ1v) is 5.78. The van der Waals surface area contributed by atoms with Crippen LogP contribution in [0.4, 0.5) is 13.2 Å². The van der Waals surface area contributed by atoms with Crippen molar-refractivity contribution in [2.75, 3.05) is 0 Å². The molecule has 20 heavy (non-hydrogen) atoms. The number of pyridine rings is 1. The Kier molecular flexibility index (Phi) is 3.52. The van der Waals surface area contributed by atoms with E-state index in [9.17, 15) is 22.8 Å². The molecule has 0 aliphatic rings. The van der Waals surface area contributed by atoms with E-state index in [1.807, 2.05) is 0 Å². The zero-order valence-corrected chi connectivity index (χ0v) is 10.3. The molecule has 0 atom stereocenters. The first kappa shape index (κ1) is 14.1. The highest BCUT2D eigenvalue weighted by molar-refractivity contribution is 5.80. The van der Waals surface area contributed by atoms with Crippen molar-refractivity contribution < 1.29 is 18.0 Å². The molecule has 0 radical (unpaired) electrons. The number of amides is 1. The van der Waals surface area contributed by atoms with Crippen LogP contribution >= 0.6 is 0 Å². The Morgan fingerprint density at radius 3 is 2.55 bits per heavy atom. The Morgan fingerprint density at radius 1 is 1.25 bits per heavy atom. The lowest BCUT2D eigenvalue weighted by molar-refractivity contribution is -0.137. The van der Waals surface area contributed by atoms with Gasteiger partial charge < -0.3 is 10.3 Å². The summed E-state index contributed by atoms with van der Waals surface area (Å²) in [6, 6.07) is 4.15. The normalized spacial score (nSPS) is 11.8. The number of hydrogen-bond donors (Lipinski definition) is 1. The van der Waals surface area contributed by atoms with Crippen molar-refractivity contribution in [2.24, 2.45) is 5.73 Å². The maximum Gasteiger partial charge on any atom is 0.416 e. The number of carbonyl (C=O) groups excluding carboxylic acids is 1. The maximum atomic E-state index is 12.7. The van der Waals surface area contributed by atoms with E-state index in [4.69, 9.17) is 5.73 Å². The lowest BCUT2D eigenvalue weighted by Crippen LogP contribution is -2.16. The van der Waals surface area contributed by atoms with E-state index < -0.39 is 17.6 Å². The summed E-state index contributed by atoms with van der Waals surface area (Å²) in [4.78, 5) is 22.4. The highest BCUT2D eigenvalue weighted by atomic mass is 19.4. The van der Waals surface area contributed by atoms with Crippen molar-refractivity contribution in [3.05, 3.63) is 46.2 Å². The van der Waals surface area contributed by atoms with Gasteiger partial charge >= 0.3 is 6.18 Å². The molecule has 1 aromatic heterocycles. The van der Waals surface area contributed by atoms with Gasteiger partial charge in [0.15, 0.2) is 5.43 Å². The van der Waals surface area contributed by atoms with Crippen molar-refractivity contribution in [1.29, 1.82) is 0 Å². The molecule has 0 bridgehead atoms. The third-order valence-corrected chi connectivity index (χ3v) is 2.90. The first-order valence-electron chi connectivity index (χ1n) is 5.78. The fraction of sp³-hybridized carbons (Fsp3) is 0.231. The minimum absolute atomic E-state index is 0.0196. The number of hydrogen-bond acceptors (Lipinski definition) is 2. The summed E-state index contributed by atoms with van der Waals surface area (Å²) in [6.07, 6.45) is -3.16. The average Bonchev–Trinajstić information content (AvgIpc) is 2.36. The highest BCUT2D eigenvalue weighted by Crippen LogP contribution is 2.30. The highest BCUT2D eigenvalue weighted by Gasteiger charge is 2.30. The van der Waals surface area contributed by atoms with Gasteiger partial charge in [0.25, 0.3) is 0 Å². The molecule has 0 saturated carbocycles. The topological polar surface area (TPSA) is 65.1 Å². The van der Waals surface area contributed by atoms with Crippen LogP contribution in [0.15, 0.2) is 35.3 Å². The third-order valence-electron chi connectivity index (χ3n) is 2.90. The molecule has 2 rings (SSSR count). The van der Waals surface area contributed by atoms with Crippen molar-refractivity contribution in [3.63, 3.8) is 0 Å². The lowest BCUT2D eigenvalue weighted by atomic mass is 10.1. The second-order valence-corrected chi connectivity index (χ2v) is 4.32. The number of aromatic nitrogens is 1. The van der Waals surface area contributed by atoms with Crippen LogP contribution in [0, 0.1) is 0 Å². The summed E-state index contributed by atoms with van der Waals surface area (Å²) in [5, 5.41) is 0.171. The van der Waals surface area contributed by atoms with Crippen LogP contribution in [0.1, 0.15) is 12.0 Å². The van der Waals surface area contributed by atoms with Gasteiger partial charge in [0.05, 0.1) is 11.1 Å². The van der Waals surface area contributed by atoms with E-state index >= 15 is 0 Å². The Labute approximate surface area is 111 Å². The van der Waals surface area contributed by atoms with E-state index in [0.29, 0.717) is 0 Å². The minimum Gasteiger partial charge on any atom is -0.370 e. The number of primary amides is 1. The van der Waals surface area contributed by atoms with Crippen LogP contribution < -0.4 is 11.2 Å². The van der Waals surface area contributed by atoms with Crippen molar-refractivity contribution in [1.82, 2.24) is 4.57 Å². The number of aryl methyl sites for hydroxylation is 1. The standard InChI is InChI=1S/C13H11F3N2O2/c14-13(15,16)8-1-2-9-10(7-8)18(5-3-11(9)19)6-4-12(17)20/h1-3,5,7H,4,6H2,(H2,17,20). The molecule has 2 aromatic rings. The summed E-state index contributed by atoms with van der Waals surface area (Å²) in [5.41, 5.74) is 3.94. The first-order chi connectivity index (χ1) is 9.29. The SMILES string of the molecule is NC(=O)CCn1ccc(=O)c2ccc(C(F)(F)F)cc21. The van der Waals surface area contributed by atoms with Gasteiger partial charge in [-0.25, -0.2) is 0 Å². The molecule has 0 saturated heterocycles. The molecule has 0 unspecified atom stereocenters. The van der Waals surface area contributed by atoms with Crippen LogP contribution in [0.25, 0.3) is 10.9 Å². The number of alkyl halides is 3. The van der Waals surface area contributed by atoms with E-state index in [1.54, 1.807) is 0 Å². The van der Waals surface area contributed by atoms with Gasteiger partial charge in [0, 0.05) is 30.6 Å². The van der Waals surface area contributed by atoms with Crippen LogP contribution in [0.5, 0.6) is 0 Å². The second kappa shape index (κ2) is 4.99. The van der Waals surface area contributed by atoms with Crippen LogP contribution in [-0.4, -0.2) is 10.5 Å². The average molecular weight is 284 g/mol. The fourth-order valence-corrected chi connectivity index (χ4v) is 1.91. The summed E-state index contributed by atoms with van der Waals surface area (Å²) >= 11 is 0. The fourth-order valence-electron chi connectivity index (χ4n) is 1.91. The van der Waals surface area contributed by atoms with E-state index in [-0.39, 0.29) is 29.3 Å². The number of carbonyl (C=O) groups is 1. The summed E-state index contributed by atoms with van der Waals surface area (Å²) in [6.45, 7) is 0.118. The number of benzene rings is 1. The number of nitrogens with two attached hydrogens (primary N) is 1. The summed E-state index contributed by atoms with van der Waals surface area (Å²) < 4.78 is 39.5. The molecule has 2 N–H and O–H groups in total. The lowest BCUT2D eigenvalue weighted by Gasteiger charge is -2.12. The van der Waals surface area contributed by atoms with Crippen molar-refractivity contribution in [2.45, 2.75) is 19.1 Å². The molecule has 0 spiro atoms. The van der Waals surface area contributed by atoms with Gasteiger partial charge in [-0.05, 0) is 18.2 Å². The van der Waals surface area contributed by atoms with Gasteiger partial charge in [-0.2, -0.15) is 13.2 Å². The second-order valence-electron chi connectivity index (χ2n) is 4.32. The maximum absolute atomic E-state index is 12.7. The summed E-state index contributed by atoms with van der Waals surface area (Å²) in [5.74, 6) is -0.566. The van der Waals surface area contributed by atoms with Crippen LogP contribution in [0.2, 0.25) is 0 Å². The van der Waals surface area contributed by atoms with Crippen LogP contribution in [0.3, 0.4) is 0 Å². The third kappa shape index (κ3) is 2.81. The number of halogens is 3. The largest absolute Gasteiger partial charge is 0.416 e. The van der Waals surface area contributed by atoms with Gasteiger partial charge in [-0.15, -0.1) is 0 Å². The number of rotatable bonds is 3. The van der Waals surface area contributed by atoms with Crippen LogP contribution in [-0.2, 0) is 17.5 Å². The quantitative estimate of drug-likeness (QED) is 0.935.